The number of carboxylic acids is 1. The molecule has 4 nitrogen and oxygen atoms in total. The van der Waals surface area contributed by atoms with E-state index in [4.69, 9.17) is 0 Å². The first kappa shape index (κ1) is 15.2. The van der Waals surface area contributed by atoms with Gasteiger partial charge in [0, 0.05) is 25.0 Å². The van der Waals surface area contributed by atoms with E-state index in [1.54, 1.807) is 0 Å². The van der Waals surface area contributed by atoms with Gasteiger partial charge in [-0.2, -0.15) is 0 Å². The molecule has 1 aromatic rings. The van der Waals surface area contributed by atoms with Crippen molar-refractivity contribution in [1.29, 1.82) is 0 Å². The molecule has 2 N–H and O–H groups in total. The lowest BCUT2D eigenvalue weighted by Gasteiger charge is -2.27. The second kappa shape index (κ2) is 5.91. The van der Waals surface area contributed by atoms with Crippen LogP contribution in [0.3, 0.4) is 0 Å². The first-order chi connectivity index (χ1) is 11.2. The quantitative estimate of drug-likeness (QED) is 0.812. The van der Waals surface area contributed by atoms with E-state index in [0.29, 0.717) is 17.4 Å². The molecule has 0 spiro atoms. The highest BCUT2D eigenvalue weighted by Gasteiger charge is 2.48. The van der Waals surface area contributed by atoms with Gasteiger partial charge in [-0.05, 0) is 49.6 Å². The molecular formula is C19H26N2O2. The highest BCUT2D eigenvalue weighted by molar-refractivity contribution is 5.73. The molecule has 2 aliphatic carbocycles. The number of hydrogen-bond donors (Lipinski definition) is 2. The van der Waals surface area contributed by atoms with E-state index in [2.05, 4.69) is 40.5 Å². The summed E-state index contributed by atoms with van der Waals surface area (Å²) in [4.78, 5) is 13.5. The van der Waals surface area contributed by atoms with Crippen LogP contribution in [0.2, 0.25) is 0 Å². The first-order valence-electron chi connectivity index (χ1n) is 8.92. The number of hydrogen-bond acceptors (Lipinski definition) is 3. The lowest BCUT2D eigenvalue weighted by molar-refractivity contribution is -0.142. The summed E-state index contributed by atoms with van der Waals surface area (Å²) >= 11 is 0. The van der Waals surface area contributed by atoms with Crippen LogP contribution in [0.5, 0.6) is 0 Å². The third kappa shape index (κ3) is 3.29. The van der Waals surface area contributed by atoms with Crippen molar-refractivity contribution in [1.82, 2.24) is 10.2 Å². The van der Waals surface area contributed by atoms with Gasteiger partial charge < -0.3 is 10.4 Å². The van der Waals surface area contributed by atoms with Crippen LogP contribution in [0, 0.1) is 5.41 Å². The van der Waals surface area contributed by atoms with E-state index in [9.17, 15) is 9.90 Å². The van der Waals surface area contributed by atoms with Crippen LogP contribution < -0.4 is 5.32 Å². The summed E-state index contributed by atoms with van der Waals surface area (Å²) in [5, 5.41) is 13.1. The van der Waals surface area contributed by atoms with Crippen LogP contribution in [-0.2, 0) is 4.79 Å². The largest absolute Gasteiger partial charge is 0.480 e. The van der Waals surface area contributed by atoms with Gasteiger partial charge in [0.15, 0.2) is 0 Å². The number of aliphatic carboxylic acids is 1. The van der Waals surface area contributed by atoms with Crippen LogP contribution in [-0.4, -0.2) is 47.7 Å². The van der Waals surface area contributed by atoms with Gasteiger partial charge in [-0.3, -0.25) is 9.69 Å². The molecule has 23 heavy (non-hydrogen) atoms. The maximum absolute atomic E-state index is 11.3. The van der Waals surface area contributed by atoms with Gasteiger partial charge in [0.05, 0.1) is 0 Å². The Morgan fingerprint density at radius 2 is 2.09 bits per heavy atom. The zero-order chi connectivity index (χ0) is 15.9. The predicted molar refractivity (Wildman–Crippen MR) is 89.5 cm³/mol. The summed E-state index contributed by atoms with van der Waals surface area (Å²) in [6, 6.07) is 11.1. The molecule has 124 valence electrons. The zero-order valence-electron chi connectivity index (χ0n) is 13.6. The van der Waals surface area contributed by atoms with Gasteiger partial charge in [0.1, 0.15) is 6.04 Å². The van der Waals surface area contributed by atoms with Gasteiger partial charge in [-0.15, -0.1) is 0 Å². The Balaban J connectivity index is 1.28. The van der Waals surface area contributed by atoms with E-state index in [1.165, 1.54) is 24.8 Å². The Bertz CT molecular complexity index is 570. The lowest BCUT2D eigenvalue weighted by Crippen LogP contribution is -2.42. The van der Waals surface area contributed by atoms with Gasteiger partial charge >= 0.3 is 5.97 Å². The number of carboxylic acid groups (broad SMARTS) is 1. The molecule has 1 aromatic carbocycles. The van der Waals surface area contributed by atoms with Gasteiger partial charge in [-0.25, -0.2) is 0 Å². The average molecular weight is 314 g/mol. The van der Waals surface area contributed by atoms with E-state index in [0.717, 1.165) is 32.5 Å². The van der Waals surface area contributed by atoms with Crippen LogP contribution in [0.1, 0.15) is 43.6 Å². The van der Waals surface area contributed by atoms with Crippen molar-refractivity contribution in [2.45, 2.75) is 50.1 Å². The Morgan fingerprint density at radius 3 is 2.78 bits per heavy atom. The minimum atomic E-state index is -0.641. The van der Waals surface area contributed by atoms with Gasteiger partial charge in [-0.1, -0.05) is 30.3 Å². The maximum Gasteiger partial charge on any atom is 0.320 e. The molecule has 0 radical (unpaired) electrons. The number of carbonyl (C=O) groups is 1. The van der Waals surface area contributed by atoms with E-state index in [1.807, 2.05) is 0 Å². The molecule has 0 bridgehead atoms. The predicted octanol–water partition coefficient (Wildman–Crippen LogP) is 2.46. The number of rotatable bonds is 7. The minimum absolute atomic E-state index is 0.245. The molecule has 4 heteroatoms. The summed E-state index contributed by atoms with van der Waals surface area (Å²) in [5.74, 6) is 0.0307. The third-order valence-corrected chi connectivity index (χ3v) is 5.90. The average Bonchev–Trinajstić information content (AvgIpc) is 3.44. The van der Waals surface area contributed by atoms with Crippen molar-refractivity contribution in [3.05, 3.63) is 35.9 Å². The molecule has 0 aromatic heterocycles. The molecule has 1 saturated heterocycles. The fraction of sp³-hybridized carbons (Fsp3) is 0.632. The fourth-order valence-corrected chi connectivity index (χ4v) is 4.13. The zero-order valence-corrected chi connectivity index (χ0v) is 13.6. The molecule has 3 aliphatic rings. The monoisotopic (exact) mass is 314 g/mol. The highest BCUT2D eigenvalue weighted by atomic mass is 16.4. The van der Waals surface area contributed by atoms with E-state index in [-0.39, 0.29) is 6.04 Å². The smallest absolute Gasteiger partial charge is 0.320 e. The Morgan fingerprint density at radius 1 is 1.30 bits per heavy atom. The number of likely N-dealkylation sites (tertiary alicyclic amines) is 1. The molecule has 3 fully saturated rings. The van der Waals surface area contributed by atoms with Crippen molar-refractivity contribution in [2.24, 2.45) is 5.41 Å². The number of benzene rings is 1. The summed E-state index contributed by atoms with van der Waals surface area (Å²) in [6.07, 6.45) is 5.56. The molecule has 1 heterocycles. The number of nitrogens with zero attached hydrogens (tertiary/aromatic N) is 1. The second-order valence-corrected chi connectivity index (χ2v) is 7.71. The van der Waals surface area contributed by atoms with Crippen LogP contribution >= 0.6 is 0 Å². The molecule has 4 rings (SSSR count). The van der Waals surface area contributed by atoms with Crippen molar-refractivity contribution < 1.29 is 9.90 Å². The summed E-state index contributed by atoms with van der Waals surface area (Å²) < 4.78 is 0. The van der Waals surface area contributed by atoms with Crippen LogP contribution in [0.15, 0.2) is 30.3 Å². The minimum Gasteiger partial charge on any atom is -0.480 e. The Labute approximate surface area is 137 Å². The SMILES string of the molecule is O=C(O)[C@H]1CCCN1CC1(CN[C@H]2CC2c2ccccc2)CC1. The molecule has 3 atom stereocenters. The summed E-state index contributed by atoms with van der Waals surface area (Å²) in [7, 11) is 0. The molecule has 1 aliphatic heterocycles. The van der Waals surface area contributed by atoms with Crippen molar-refractivity contribution in [2.75, 3.05) is 19.6 Å². The van der Waals surface area contributed by atoms with Crippen molar-refractivity contribution in [3.63, 3.8) is 0 Å². The lowest BCUT2D eigenvalue weighted by atomic mass is 10.1. The molecular weight excluding hydrogens is 288 g/mol. The standard InChI is InChI=1S/C19H26N2O2/c22-18(23)17-7-4-10-21(17)13-19(8-9-19)12-20-16-11-15(16)14-5-2-1-3-6-14/h1-3,5-6,15-17,20H,4,7-13H2,(H,22,23)/t15?,16-,17+/m0/s1. The van der Waals surface area contributed by atoms with Crippen molar-refractivity contribution in [3.8, 4) is 0 Å². The van der Waals surface area contributed by atoms with Crippen LogP contribution in [0.4, 0.5) is 0 Å². The third-order valence-electron chi connectivity index (χ3n) is 5.90. The Kier molecular flexibility index (Phi) is 3.90. The molecule has 2 saturated carbocycles. The Hall–Kier alpha value is -1.39. The maximum atomic E-state index is 11.3. The topological polar surface area (TPSA) is 52.6 Å². The summed E-state index contributed by atoms with van der Waals surface area (Å²) in [6.45, 7) is 2.96. The molecule has 0 amide bonds. The first-order valence-corrected chi connectivity index (χ1v) is 8.92. The fourth-order valence-electron chi connectivity index (χ4n) is 4.13. The molecule has 1 unspecified atom stereocenters. The van der Waals surface area contributed by atoms with Gasteiger partial charge in [0.25, 0.3) is 0 Å². The van der Waals surface area contributed by atoms with E-state index >= 15 is 0 Å². The van der Waals surface area contributed by atoms with E-state index < -0.39 is 5.97 Å². The van der Waals surface area contributed by atoms with Crippen LogP contribution in [0.25, 0.3) is 0 Å². The van der Waals surface area contributed by atoms with Crippen molar-refractivity contribution >= 4 is 5.97 Å². The second-order valence-electron chi connectivity index (χ2n) is 7.71. The van der Waals surface area contributed by atoms with Gasteiger partial charge in [0.2, 0.25) is 0 Å². The summed E-state index contributed by atoms with van der Waals surface area (Å²) in [5.41, 5.74) is 1.78. The normalized spacial score (nSPS) is 31.9. The number of nitrogens with one attached hydrogen (secondary N) is 1. The highest BCUT2D eigenvalue weighted by Crippen LogP contribution is 2.48.